The lowest BCUT2D eigenvalue weighted by atomic mass is 10.2. The third-order valence-corrected chi connectivity index (χ3v) is 0.940. The zero-order chi connectivity index (χ0) is 9.11. The van der Waals surface area contributed by atoms with Crippen molar-refractivity contribution in [2.45, 2.75) is 34.6 Å². The molecule has 3 radical (unpaired) electrons. The molecule has 0 saturated heterocycles. The van der Waals surface area contributed by atoms with Gasteiger partial charge in [-0.25, -0.2) is 0 Å². The Morgan fingerprint density at radius 1 is 0.750 bits per heavy atom. The largest absolute Gasteiger partial charge is 0.0683 e. The molecule has 1 aromatic rings. The van der Waals surface area contributed by atoms with E-state index < -0.39 is 0 Å². The van der Waals surface area contributed by atoms with Crippen molar-refractivity contribution in [1.82, 2.24) is 0 Å². The molecule has 0 aliphatic heterocycles. The first-order valence-electron chi connectivity index (χ1n) is 4.41. The van der Waals surface area contributed by atoms with Crippen LogP contribution in [0.5, 0.6) is 0 Å². The van der Waals surface area contributed by atoms with Crippen LogP contribution in [0, 0.1) is 6.92 Å². The molecule has 1 heteroatoms. The maximum absolute atomic E-state index is 2.08. The van der Waals surface area contributed by atoms with E-state index in [4.69, 9.17) is 0 Å². The number of aryl methyl sites for hydroxylation is 1. The first-order chi connectivity index (χ1) is 5.39. The van der Waals surface area contributed by atoms with Crippen molar-refractivity contribution in [3.8, 4) is 0 Å². The van der Waals surface area contributed by atoms with Crippen LogP contribution in [0.3, 0.4) is 0 Å². The van der Waals surface area contributed by atoms with Crippen LogP contribution in [0.4, 0.5) is 0 Å². The topological polar surface area (TPSA) is 0 Å². The molecule has 0 fully saturated rings. The summed E-state index contributed by atoms with van der Waals surface area (Å²) in [7, 11) is 0. The Hall–Kier alpha value is -0.715. The van der Waals surface area contributed by atoms with Crippen LogP contribution in [0.2, 0.25) is 0 Å². The number of hydrogen-bond donors (Lipinski definition) is 0. The minimum absolute atomic E-state index is 0. The molecule has 0 heterocycles. The second kappa shape index (κ2) is 16.7. The Morgan fingerprint density at radius 2 is 1.08 bits per heavy atom. The van der Waals surface area contributed by atoms with Crippen LogP contribution in [0.1, 0.15) is 33.3 Å². The van der Waals surface area contributed by atoms with Crippen molar-refractivity contribution >= 4 is 8.41 Å². The van der Waals surface area contributed by atoms with Crippen LogP contribution in [-0.4, -0.2) is 8.41 Å². The molecule has 0 bridgehead atoms. The zero-order valence-electron chi connectivity index (χ0n) is 8.96. The van der Waals surface area contributed by atoms with Gasteiger partial charge in [-0.3, -0.25) is 0 Å². The molecule has 0 amide bonds. The fourth-order valence-corrected chi connectivity index (χ4v) is 0.534. The highest BCUT2D eigenvalue weighted by Gasteiger charge is 1.72. The summed E-state index contributed by atoms with van der Waals surface area (Å²) in [6, 6.07) is 10.3. The van der Waals surface area contributed by atoms with Gasteiger partial charge in [0.2, 0.25) is 0 Å². The molecule has 12 heavy (non-hydrogen) atoms. The first kappa shape index (κ1) is 17.4. The van der Waals surface area contributed by atoms with Gasteiger partial charge >= 0.3 is 0 Å². The Labute approximate surface area is 79.6 Å². The molecule has 67 valence electrons. The Bertz CT molecular complexity index is 135. The van der Waals surface area contributed by atoms with Crippen molar-refractivity contribution < 1.29 is 0 Å². The lowest BCUT2D eigenvalue weighted by Crippen LogP contribution is -1.62. The molecule has 1 rings (SSSR count). The molecule has 0 unspecified atom stereocenters. The lowest BCUT2D eigenvalue weighted by molar-refractivity contribution is 1.48. The normalized spacial score (nSPS) is 6.08. The van der Waals surface area contributed by atoms with E-state index in [1.54, 1.807) is 0 Å². The van der Waals surface area contributed by atoms with E-state index in [-0.39, 0.29) is 8.41 Å². The van der Waals surface area contributed by atoms with Gasteiger partial charge in [0.1, 0.15) is 0 Å². The summed E-state index contributed by atoms with van der Waals surface area (Å²) < 4.78 is 0. The molecule has 0 N–H and O–H groups in total. The van der Waals surface area contributed by atoms with Gasteiger partial charge in [-0.05, 0) is 6.92 Å². The van der Waals surface area contributed by atoms with Crippen molar-refractivity contribution in [2.24, 2.45) is 0 Å². The monoisotopic (exact) mass is 163 g/mol. The minimum Gasteiger partial charge on any atom is -0.0683 e. The maximum atomic E-state index is 2.08. The third-order valence-electron chi connectivity index (χ3n) is 0.940. The molecule has 1 aromatic carbocycles. The van der Waals surface area contributed by atoms with Crippen LogP contribution in [-0.2, 0) is 0 Å². The molecule has 0 aliphatic carbocycles. The Balaban J connectivity index is -0.000000144. The van der Waals surface area contributed by atoms with Crippen LogP contribution in [0.25, 0.3) is 0 Å². The summed E-state index contributed by atoms with van der Waals surface area (Å²) in [6.45, 7) is 10.1. The predicted octanol–water partition coefficient (Wildman–Crippen LogP) is 3.67. The number of benzene rings is 1. The molecule has 0 nitrogen and oxygen atoms in total. The van der Waals surface area contributed by atoms with E-state index in [9.17, 15) is 0 Å². The molecule has 0 aliphatic rings. The quantitative estimate of drug-likeness (QED) is 0.512. The second-order valence-electron chi connectivity index (χ2n) is 1.65. The van der Waals surface area contributed by atoms with Gasteiger partial charge in [-0.15, -0.1) is 0 Å². The summed E-state index contributed by atoms with van der Waals surface area (Å²) in [5.41, 5.74) is 1.32. The Morgan fingerprint density at radius 3 is 1.25 bits per heavy atom. The van der Waals surface area contributed by atoms with E-state index in [2.05, 4.69) is 19.1 Å². The van der Waals surface area contributed by atoms with Crippen molar-refractivity contribution in [1.29, 1.82) is 0 Å². The van der Waals surface area contributed by atoms with E-state index >= 15 is 0 Å². The van der Waals surface area contributed by atoms with Gasteiger partial charge in [0.25, 0.3) is 0 Å². The SMILES string of the molecule is CC.CC.Cc1ccccc1.[B]. The van der Waals surface area contributed by atoms with Crippen LogP contribution in [0.15, 0.2) is 30.3 Å². The van der Waals surface area contributed by atoms with Crippen LogP contribution < -0.4 is 0 Å². The standard InChI is InChI=1S/C7H8.2C2H6.B/c1-7-5-3-2-4-6-7;2*1-2;/h2-6H,1H3;2*1-2H3;. The number of hydrogen-bond acceptors (Lipinski definition) is 0. The van der Waals surface area contributed by atoms with Crippen molar-refractivity contribution in [3.63, 3.8) is 0 Å². The molecule has 0 atom stereocenters. The summed E-state index contributed by atoms with van der Waals surface area (Å²) in [5, 5.41) is 0. The average molecular weight is 163 g/mol. The molecule has 0 aromatic heterocycles. The number of rotatable bonds is 0. The highest BCUT2D eigenvalue weighted by Crippen LogP contribution is 1.92. The maximum Gasteiger partial charge on any atom is 0 e. The minimum atomic E-state index is 0. The summed E-state index contributed by atoms with van der Waals surface area (Å²) in [4.78, 5) is 0. The van der Waals surface area contributed by atoms with E-state index in [1.807, 2.05) is 45.9 Å². The zero-order valence-corrected chi connectivity index (χ0v) is 8.96. The van der Waals surface area contributed by atoms with Crippen LogP contribution >= 0.6 is 0 Å². The molecule has 0 spiro atoms. The fourth-order valence-electron chi connectivity index (χ4n) is 0.534. The van der Waals surface area contributed by atoms with Gasteiger partial charge < -0.3 is 0 Å². The third kappa shape index (κ3) is 12.0. The highest BCUT2D eigenvalue weighted by atomic mass is 13.8. The Kier molecular flexibility index (Phi) is 24.2. The van der Waals surface area contributed by atoms with Gasteiger partial charge in [0.05, 0.1) is 0 Å². The summed E-state index contributed by atoms with van der Waals surface area (Å²) in [6.07, 6.45) is 0. The van der Waals surface area contributed by atoms with Gasteiger partial charge in [-0.2, -0.15) is 0 Å². The smallest absolute Gasteiger partial charge is 0 e. The highest BCUT2D eigenvalue weighted by molar-refractivity contribution is 5.75. The average Bonchev–Trinajstić information content (AvgIpc) is 2.13. The van der Waals surface area contributed by atoms with E-state index in [0.717, 1.165) is 0 Å². The summed E-state index contributed by atoms with van der Waals surface area (Å²) in [5.74, 6) is 0. The molecular formula is C11H20B. The predicted molar refractivity (Wildman–Crippen MR) is 59.6 cm³/mol. The first-order valence-corrected chi connectivity index (χ1v) is 4.41. The van der Waals surface area contributed by atoms with Crippen molar-refractivity contribution in [3.05, 3.63) is 35.9 Å². The lowest BCUT2D eigenvalue weighted by Gasteiger charge is -1.82. The van der Waals surface area contributed by atoms with Gasteiger partial charge in [0.15, 0.2) is 0 Å². The second-order valence-corrected chi connectivity index (χ2v) is 1.65. The molecular weight excluding hydrogens is 143 g/mol. The molecule has 0 saturated carbocycles. The van der Waals surface area contributed by atoms with E-state index in [0.29, 0.717) is 0 Å². The van der Waals surface area contributed by atoms with E-state index in [1.165, 1.54) is 5.56 Å². The van der Waals surface area contributed by atoms with Crippen molar-refractivity contribution in [2.75, 3.05) is 0 Å². The van der Waals surface area contributed by atoms with Gasteiger partial charge in [0, 0.05) is 8.41 Å². The fraction of sp³-hybridized carbons (Fsp3) is 0.455. The summed E-state index contributed by atoms with van der Waals surface area (Å²) >= 11 is 0. The van der Waals surface area contributed by atoms with Gasteiger partial charge in [-0.1, -0.05) is 63.6 Å².